The summed E-state index contributed by atoms with van der Waals surface area (Å²) < 4.78 is 5.13. The van der Waals surface area contributed by atoms with E-state index in [1.165, 1.54) is 19.3 Å². The van der Waals surface area contributed by atoms with Gasteiger partial charge in [-0.15, -0.1) is 0 Å². The molecule has 1 aromatic carbocycles. The van der Waals surface area contributed by atoms with E-state index in [1.54, 1.807) is 0 Å². The number of amides is 1. The van der Waals surface area contributed by atoms with Crippen molar-refractivity contribution in [3.63, 3.8) is 0 Å². The Balaban J connectivity index is 2.25. The smallest absolute Gasteiger partial charge is 0.408 e. The molecule has 5 nitrogen and oxygen atoms in total. The molecule has 22 heavy (non-hydrogen) atoms. The van der Waals surface area contributed by atoms with Crippen molar-refractivity contribution in [1.82, 2.24) is 5.32 Å². The highest BCUT2D eigenvalue weighted by molar-refractivity contribution is 5.67. The second-order valence-corrected chi connectivity index (χ2v) is 5.32. The molecule has 1 unspecified atom stereocenters. The van der Waals surface area contributed by atoms with Gasteiger partial charge < -0.3 is 21.1 Å². The number of ether oxygens (including phenoxy) is 1. The quantitative estimate of drug-likeness (QED) is 0.454. The van der Waals surface area contributed by atoms with E-state index in [2.05, 4.69) is 17.6 Å². The molecule has 0 aliphatic heterocycles. The molecule has 0 saturated carbocycles. The van der Waals surface area contributed by atoms with Gasteiger partial charge in [0.25, 0.3) is 0 Å². The lowest BCUT2D eigenvalue weighted by Gasteiger charge is -2.15. The molecule has 1 rings (SSSR count). The number of carbonyl (C=O) groups excluding carboxylic acids is 1. The third kappa shape index (κ3) is 7.31. The largest absolute Gasteiger partial charge is 0.450 e. The number of rotatable bonds is 10. The molecule has 0 aliphatic carbocycles. The van der Waals surface area contributed by atoms with Crippen molar-refractivity contribution in [1.29, 1.82) is 0 Å². The predicted octanol–water partition coefficient (Wildman–Crippen LogP) is 3.77. The number of unbranched alkanes of at least 4 members (excludes halogenated alkanes) is 4. The monoisotopic (exact) mass is 307 g/mol. The lowest BCUT2D eigenvalue weighted by atomic mass is 10.1. The van der Waals surface area contributed by atoms with E-state index in [9.17, 15) is 4.79 Å². The van der Waals surface area contributed by atoms with Crippen LogP contribution in [0.1, 0.15) is 57.7 Å². The molecule has 1 aromatic rings. The minimum atomic E-state index is -0.553. The average molecular weight is 307 g/mol. The van der Waals surface area contributed by atoms with Gasteiger partial charge in [0.2, 0.25) is 0 Å². The number of benzene rings is 1. The molecule has 0 aliphatic rings. The van der Waals surface area contributed by atoms with Crippen molar-refractivity contribution >= 4 is 11.8 Å². The van der Waals surface area contributed by atoms with Crippen molar-refractivity contribution in [2.75, 3.05) is 18.5 Å². The van der Waals surface area contributed by atoms with Crippen LogP contribution < -0.4 is 16.4 Å². The molecule has 1 atom stereocenters. The van der Waals surface area contributed by atoms with Gasteiger partial charge in [-0.25, -0.2) is 4.79 Å². The predicted molar refractivity (Wildman–Crippen MR) is 90.8 cm³/mol. The Morgan fingerprint density at radius 2 is 1.82 bits per heavy atom. The number of carbonyl (C=O) groups is 1. The molecule has 0 radical (unpaired) electrons. The van der Waals surface area contributed by atoms with E-state index < -0.39 is 12.3 Å². The zero-order chi connectivity index (χ0) is 16.2. The molecule has 5 heteroatoms. The SMILES string of the molecule is CCCCCCCOC(=O)NC(N)c1ccc(NCC)cc1. The molecular weight excluding hydrogens is 278 g/mol. The summed E-state index contributed by atoms with van der Waals surface area (Å²) in [6.45, 7) is 5.53. The van der Waals surface area contributed by atoms with E-state index in [0.717, 1.165) is 30.6 Å². The molecule has 0 fully saturated rings. The molecule has 4 N–H and O–H groups in total. The Bertz CT molecular complexity index is 420. The van der Waals surface area contributed by atoms with Crippen LogP contribution in [-0.4, -0.2) is 19.2 Å². The van der Waals surface area contributed by atoms with Crippen molar-refractivity contribution in [3.05, 3.63) is 29.8 Å². The van der Waals surface area contributed by atoms with Gasteiger partial charge in [0.05, 0.1) is 6.61 Å². The van der Waals surface area contributed by atoms with Crippen molar-refractivity contribution in [2.24, 2.45) is 5.73 Å². The first kappa shape index (κ1) is 18.3. The third-order valence-corrected chi connectivity index (χ3v) is 3.41. The lowest BCUT2D eigenvalue weighted by molar-refractivity contribution is 0.140. The highest BCUT2D eigenvalue weighted by Crippen LogP contribution is 2.13. The van der Waals surface area contributed by atoms with Gasteiger partial charge >= 0.3 is 6.09 Å². The maximum absolute atomic E-state index is 11.7. The molecule has 0 aromatic heterocycles. The van der Waals surface area contributed by atoms with E-state index >= 15 is 0 Å². The zero-order valence-electron chi connectivity index (χ0n) is 13.7. The Morgan fingerprint density at radius 3 is 2.45 bits per heavy atom. The van der Waals surface area contributed by atoms with Crippen LogP contribution in [0.4, 0.5) is 10.5 Å². The van der Waals surface area contributed by atoms with Crippen molar-refractivity contribution < 1.29 is 9.53 Å². The standard InChI is InChI=1S/C17H29N3O2/c1-3-5-6-7-8-13-22-17(21)20-16(18)14-9-11-15(12-10-14)19-4-2/h9-12,16,19H,3-8,13,18H2,1-2H3,(H,20,21). The van der Waals surface area contributed by atoms with Crippen LogP contribution >= 0.6 is 0 Å². The van der Waals surface area contributed by atoms with E-state index in [0.29, 0.717) is 6.61 Å². The van der Waals surface area contributed by atoms with Crippen molar-refractivity contribution in [3.8, 4) is 0 Å². The number of hydrogen-bond donors (Lipinski definition) is 3. The summed E-state index contributed by atoms with van der Waals surface area (Å²) in [6, 6.07) is 7.68. The minimum Gasteiger partial charge on any atom is -0.450 e. The Kier molecular flexibility index (Phi) is 9.07. The Hall–Kier alpha value is -1.75. The van der Waals surface area contributed by atoms with Crippen molar-refractivity contribution in [2.45, 2.75) is 52.1 Å². The van der Waals surface area contributed by atoms with Crippen LogP contribution in [0.3, 0.4) is 0 Å². The van der Waals surface area contributed by atoms with E-state index in [-0.39, 0.29) is 0 Å². The first-order valence-corrected chi connectivity index (χ1v) is 8.20. The fraction of sp³-hybridized carbons (Fsp3) is 0.588. The summed E-state index contributed by atoms with van der Waals surface area (Å²) in [5.74, 6) is 0. The fourth-order valence-electron chi connectivity index (χ4n) is 2.13. The molecule has 0 spiro atoms. The van der Waals surface area contributed by atoms with Gasteiger partial charge in [0.1, 0.15) is 6.17 Å². The molecule has 0 saturated heterocycles. The number of anilines is 1. The van der Waals surface area contributed by atoms with E-state index in [4.69, 9.17) is 10.5 Å². The highest BCUT2D eigenvalue weighted by Gasteiger charge is 2.10. The number of nitrogens with two attached hydrogens (primary N) is 1. The molecule has 124 valence electrons. The van der Waals surface area contributed by atoms with Gasteiger partial charge in [0.15, 0.2) is 0 Å². The summed E-state index contributed by atoms with van der Waals surface area (Å²) in [5, 5.41) is 5.86. The van der Waals surface area contributed by atoms with Crippen LogP contribution in [0, 0.1) is 0 Å². The maximum atomic E-state index is 11.7. The highest BCUT2D eigenvalue weighted by atomic mass is 16.5. The fourth-order valence-corrected chi connectivity index (χ4v) is 2.13. The maximum Gasteiger partial charge on any atom is 0.408 e. The van der Waals surface area contributed by atoms with Gasteiger partial charge in [-0.05, 0) is 31.0 Å². The zero-order valence-corrected chi connectivity index (χ0v) is 13.7. The molecule has 0 heterocycles. The normalized spacial score (nSPS) is 11.8. The molecular formula is C17H29N3O2. The summed E-state index contributed by atoms with van der Waals surface area (Å²) in [4.78, 5) is 11.7. The summed E-state index contributed by atoms with van der Waals surface area (Å²) in [5.41, 5.74) is 7.84. The first-order valence-electron chi connectivity index (χ1n) is 8.20. The second kappa shape index (κ2) is 10.9. The van der Waals surface area contributed by atoms with E-state index in [1.807, 2.05) is 31.2 Å². The van der Waals surface area contributed by atoms with Gasteiger partial charge in [-0.3, -0.25) is 0 Å². The summed E-state index contributed by atoms with van der Waals surface area (Å²) in [7, 11) is 0. The van der Waals surface area contributed by atoms with Gasteiger partial charge in [-0.1, -0.05) is 44.7 Å². The first-order chi connectivity index (χ1) is 10.7. The Labute approximate surface area is 133 Å². The topological polar surface area (TPSA) is 76.4 Å². The lowest BCUT2D eigenvalue weighted by Crippen LogP contribution is -2.34. The van der Waals surface area contributed by atoms with Crippen LogP contribution in [0.25, 0.3) is 0 Å². The Morgan fingerprint density at radius 1 is 1.14 bits per heavy atom. The van der Waals surface area contributed by atoms with Gasteiger partial charge in [-0.2, -0.15) is 0 Å². The second-order valence-electron chi connectivity index (χ2n) is 5.32. The summed E-state index contributed by atoms with van der Waals surface area (Å²) >= 11 is 0. The number of alkyl carbamates (subject to hydrolysis) is 1. The van der Waals surface area contributed by atoms with Crippen LogP contribution in [0.15, 0.2) is 24.3 Å². The van der Waals surface area contributed by atoms with Gasteiger partial charge in [0, 0.05) is 12.2 Å². The third-order valence-electron chi connectivity index (χ3n) is 3.41. The van der Waals surface area contributed by atoms with Crippen LogP contribution in [0.5, 0.6) is 0 Å². The molecule has 1 amide bonds. The van der Waals surface area contributed by atoms with Crippen LogP contribution in [0.2, 0.25) is 0 Å². The molecule has 0 bridgehead atoms. The summed E-state index contributed by atoms with van der Waals surface area (Å²) in [6.07, 6.45) is 4.63. The number of nitrogens with one attached hydrogen (secondary N) is 2. The minimum absolute atomic E-state index is 0.446. The average Bonchev–Trinajstić information content (AvgIpc) is 2.51. The number of hydrogen-bond acceptors (Lipinski definition) is 4. The van der Waals surface area contributed by atoms with Crippen LogP contribution in [-0.2, 0) is 4.74 Å².